The summed E-state index contributed by atoms with van der Waals surface area (Å²) in [4.78, 5) is 23.2. The minimum absolute atomic E-state index is 0.00816. The maximum atomic E-state index is 12.1. The highest BCUT2D eigenvalue weighted by molar-refractivity contribution is 6.01. The number of carbonyl (C=O) groups is 2. The predicted octanol–water partition coefficient (Wildman–Crippen LogP) is 2.23. The Kier molecular flexibility index (Phi) is 2.30. The van der Waals surface area contributed by atoms with Gasteiger partial charge in [0.2, 0.25) is 5.78 Å². The average molecular weight is 220 g/mol. The Balaban J connectivity index is 2.33. The first-order valence-corrected chi connectivity index (χ1v) is 5.48. The molecule has 2 bridgehead atoms. The Morgan fingerprint density at radius 2 is 2.12 bits per heavy atom. The molecule has 0 N–H and O–H groups in total. The first kappa shape index (κ1) is 11.1. The van der Waals surface area contributed by atoms with Gasteiger partial charge in [-0.05, 0) is 30.3 Å². The zero-order valence-electron chi connectivity index (χ0n) is 9.87. The summed E-state index contributed by atoms with van der Waals surface area (Å²) in [6.45, 7) is 9.40. The SMILES string of the molecule is C=CC(=O)OC1=C(C)[C@@H]2C[C@@H](C1=O)C2(C)C. The number of allylic oxidation sites excluding steroid dienone is 2. The Hall–Kier alpha value is -1.38. The van der Waals surface area contributed by atoms with Gasteiger partial charge >= 0.3 is 5.97 Å². The minimum Gasteiger partial charge on any atom is -0.420 e. The quantitative estimate of drug-likeness (QED) is 0.529. The van der Waals surface area contributed by atoms with Crippen LogP contribution in [-0.4, -0.2) is 11.8 Å². The third-order valence-corrected chi connectivity index (χ3v) is 4.06. The van der Waals surface area contributed by atoms with Crippen LogP contribution in [0.1, 0.15) is 27.2 Å². The Morgan fingerprint density at radius 3 is 2.56 bits per heavy atom. The van der Waals surface area contributed by atoms with E-state index in [1.165, 1.54) is 0 Å². The van der Waals surface area contributed by atoms with E-state index in [1.54, 1.807) is 0 Å². The van der Waals surface area contributed by atoms with Crippen molar-refractivity contribution in [2.75, 3.05) is 0 Å². The third kappa shape index (κ3) is 1.27. The predicted molar refractivity (Wildman–Crippen MR) is 59.4 cm³/mol. The van der Waals surface area contributed by atoms with E-state index in [-0.39, 0.29) is 22.9 Å². The van der Waals surface area contributed by atoms with Crippen LogP contribution >= 0.6 is 0 Å². The van der Waals surface area contributed by atoms with Crippen LogP contribution in [0.5, 0.6) is 0 Å². The Bertz CT molecular complexity index is 415. The highest BCUT2D eigenvalue weighted by Gasteiger charge is 2.57. The number of ketones is 1. The number of esters is 1. The largest absolute Gasteiger partial charge is 0.420 e. The van der Waals surface area contributed by atoms with Crippen LogP contribution in [-0.2, 0) is 14.3 Å². The average Bonchev–Trinajstić information content (AvgIpc) is 2.21. The number of hydrogen-bond acceptors (Lipinski definition) is 3. The topological polar surface area (TPSA) is 43.4 Å². The van der Waals surface area contributed by atoms with Gasteiger partial charge in [0.05, 0.1) is 0 Å². The number of hydrogen-bond donors (Lipinski definition) is 0. The molecule has 0 radical (unpaired) electrons. The fourth-order valence-corrected chi connectivity index (χ4v) is 2.89. The summed E-state index contributed by atoms with van der Waals surface area (Å²) in [7, 11) is 0. The molecule has 86 valence electrons. The molecule has 3 rings (SSSR count). The van der Waals surface area contributed by atoms with Crippen molar-refractivity contribution in [2.45, 2.75) is 27.2 Å². The van der Waals surface area contributed by atoms with Crippen molar-refractivity contribution in [2.24, 2.45) is 17.3 Å². The van der Waals surface area contributed by atoms with Gasteiger partial charge in [-0.25, -0.2) is 4.79 Å². The van der Waals surface area contributed by atoms with Crippen molar-refractivity contribution in [3.8, 4) is 0 Å². The van der Waals surface area contributed by atoms with Gasteiger partial charge in [0.25, 0.3) is 0 Å². The smallest absolute Gasteiger partial charge is 0.335 e. The molecule has 3 nitrogen and oxygen atoms in total. The molecule has 1 fully saturated rings. The number of Topliss-reactive ketones (excluding diaryl/α,β-unsaturated/α-hetero) is 1. The van der Waals surface area contributed by atoms with E-state index in [9.17, 15) is 9.59 Å². The molecule has 3 heteroatoms. The molecular formula is C13H16O3. The molecule has 0 unspecified atom stereocenters. The summed E-state index contributed by atoms with van der Waals surface area (Å²) in [6, 6.07) is 0. The van der Waals surface area contributed by atoms with E-state index in [0.717, 1.165) is 18.1 Å². The molecule has 0 saturated heterocycles. The molecule has 2 atom stereocenters. The first-order valence-electron chi connectivity index (χ1n) is 5.48. The van der Waals surface area contributed by atoms with Gasteiger partial charge in [0, 0.05) is 12.0 Å². The monoisotopic (exact) mass is 220 g/mol. The molecule has 0 amide bonds. The molecular weight excluding hydrogens is 204 g/mol. The van der Waals surface area contributed by atoms with E-state index < -0.39 is 5.97 Å². The highest BCUT2D eigenvalue weighted by Crippen LogP contribution is 2.59. The van der Waals surface area contributed by atoms with Crippen LogP contribution < -0.4 is 0 Å². The van der Waals surface area contributed by atoms with Gasteiger partial charge in [-0.1, -0.05) is 20.4 Å². The van der Waals surface area contributed by atoms with Gasteiger partial charge in [0.15, 0.2) is 5.76 Å². The van der Waals surface area contributed by atoms with Crippen molar-refractivity contribution < 1.29 is 14.3 Å². The second kappa shape index (κ2) is 3.30. The maximum absolute atomic E-state index is 12.1. The third-order valence-electron chi connectivity index (χ3n) is 4.06. The number of carbonyl (C=O) groups excluding carboxylic acids is 2. The van der Waals surface area contributed by atoms with Crippen molar-refractivity contribution in [3.05, 3.63) is 24.0 Å². The van der Waals surface area contributed by atoms with Gasteiger partial charge < -0.3 is 4.74 Å². The molecule has 3 aliphatic rings. The van der Waals surface area contributed by atoms with Crippen LogP contribution in [0.15, 0.2) is 24.0 Å². The van der Waals surface area contributed by atoms with Crippen LogP contribution in [0.3, 0.4) is 0 Å². The fourth-order valence-electron chi connectivity index (χ4n) is 2.89. The molecule has 0 aromatic heterocycles. The van der Waals surface area contributed by atoms with Crippen LogP contribution in [0, 0.1) is 17.3 Å². The lowest BCUT2D eigenvalue weighted by Gasteiger charge is -2.55. The lowest BCUT2D eigenvalue weighted by Crippen LogP contribution is -2.54. The minimum atomic E-state index is -0.554. The number of ether oxygens (including phenoxy) is 1. The number of rotatable bonds is 2. The summed E-state index contributed by atoms with van der Waals surface area (Å²) < 4.78 is 5.03. The highest BCUT2D eigenvalue weighted by atomic mass is 16.5. The van der Waals surface area contributed by atoms with Gasteiger partial charge in [-0.2, -0.15) is 0 Å². The van der Waals surface area contributed by atoms with Gasteiger partial charge in [-0.15, -0.1) is 0 Å². The standard InChI is InChI=1S/C13H16O3/c1-5-10(14)16-12-7(2)8-6-9(11(12)15)13(8,3)4/h5,8-9H,1,6H2,2-4H3/t8-,9-/m0/s1. The van der Waals surface area contributed by atoms with E-state index in [0.29, 0.717) is 5.92 Å². The zero-order valence-corrected chi connectivity index (χ0v) is 9.87. The molecule has 3 aliphatic carbocycles. The second-order valence-corrected chi connectivity index (χ2v) is 5.16. The van der Waals surface area contributed by atoms with Crippen LogP contribution in [0.4, 0.5) is 0 Å². The van der Waals surface area contributed by atoms with Gasteiger partial charge in [0.1, 0.15) is 0 Å². The van der Waals surface area contributed by atoms with Crippen molar-refractivity contribution in [1.29, 1.82) is 0 Å². The molecule has 0 aromatic carbocycles. The zero-order chi connectivity index (χ0) is 12.1. The Labute approximate surface area is 95.2 Å². The molecule has 0 heterocycles. The molecule has 0 spiro atoms. The summed E-state index contributed by atoms with van der Waals surface area (Å²) in [5.74, 6) is 0.0455. The summed E-state index contributed by atoms with van der Waals surface area (Å²) >= 11 is 0. The van der Waals surface area contributed by atoms with E-state index in [1.807, 2.05) is 6.92 Å². The van der Waals surface area contributed by atoms with Crippen molar-refractivity contribution >= 4 is 11.8 Å². The van der Waals surface area contributed by atoms with Crippen LogP contribution in [0.2, 0.25) is 0 Å². The normalized spacial score (nSPS) is 30.8. The first-order chi connectivity index (χ1) is 7.39. The van der Waals surface area contributed by atoms with E-state index in [4.69, 9.17) is 4.74 Å². The molecule has 0 aromatic rings. The lowest BCUT2D eigenvalue weighted by atomic mass is 9.48. The van der Waals surface area contributed by atoms with E-state index in [2.05, 4.69) is 20.4 Å². The number of fused-ring (bicyclic) bond motifs is 1. The summed E-state index contributed by atoms with van der Waals surface area (Å²) in [5, 5.41) is 0. The second-order valence-electron chi connectivity index (χ2n) is 5.16. The van der Waals surface area contributed by atoms with E-state index >= 15 is 0 Å². The fraction of sp³-hybridized carbons (Fsp3) is 0.538. The molecule has 16 heavy (non-hydrogen) atoms. The summed E-state index contributed by atoms with van der Waals surface area (Å²) in [6.07, 6.45) is 1.98. The van der Waals surface area contributed by atoms with Crippen LogP contribution in [0.25, 0.3) is 0 Å². The lowest BCUT2D eigenvalue weighted by molar-refractivity contribution is -0.148. The molecule has 0 aliphatic heterocycles. The summed E-state index contributed by atoms with van der Waals surface area (Å²) in [5.41, 5.74) is 0.929. The van der Waals surface area contributed by atoms with Crippen molar-refractivity contribution in [1.82, 2.24) is 0 Å². The Morgan fingerprint density at radius 1 is 1.50 bits per heavy atom. The molecule has 1 saturated carbocycles. The van der Waals surface area contributed by atoms with Crippen molar-refractivity contribution in [3.63, 3.8) is 0 Å². The van der Waals surface area contributed by atoms with Gasteiger partial charge in [-0.3, -0.25) is 4.79 Å². The maximum Gasteiger partial charge on any atom is 0.335 e.